The molecule has 3 rings (SSSR count). The van der Waals surface area contributed by atoms with Gasteiger partial charge in [0.25, 0.3) is 5.56 Å². The summed E-state index contributed by atoms with van der Waals surface area (Å²) in [5.41, 5.74) is 0.384. The molecule has 21 heavy (non-hydrogen) atoms. The Hall–Kier alpha value is -2.22. The van der Waals surface area contributed by atoms with Gasteiger partial charge in [0.05, 0.1) is 23.9 Å². The van der Waals surface area contributed by atoms with Crippen molar-refractivity contribution < 1.29 is 14.7 Å². The van der Waals surface area contributed by atoms with E-state index in [4.69, 9.17) is 5.11 Å². The van der Waals surface area contributed by atoms with Gasteiger partial charge >= 0.3 is 5.97 Å². The topological polar surface area (TPSA) is 103 Å². The van der Waals surface area contributed by atoms with Gasteiger partial charge in [-0.15, -0.1) is 11.3 Å². The lowest BCUT2D eigenvalue weighted by Gasteiger charge is -2.16. The van der Waals surface area contributed by atoms with E-state index >= 15 is 0 Å². The summed E-state index contributed by atoms with van der Waals surface area (Å²) < 4.78 is 0.556. The van der Waals surface area contributed by atoms with Crippen molar-refractivity contribution in [2.24, 2.45) is 11.8 Å². The van der Waals surface area contributed by atoms with Gasteiger partial charge in [-0.3, -0.25) is 14.4 Å². The summed E-state index contributed by atoms with van der Waals surface area (Å²) >= 11 is 1.31. The van der Waals surface area contributed by atoms with Gasteiger partial charge < -0.3 is 15.0 Å². The van der Waals surface area contributed by atoms with E-state index in [0.29, 0.717) is 22.5 Å². The van der Waals surface area contributed by atoms with Crippen LogP contribution in [0.3, 0.4) is 0 Å². The molecule has 0 aliphatic heterocycles. The van der Waals surface area contributed by atoms with Crippen molar-refractivity contribution in [1.82, 2.24) is 14.9 Å². The van der Waals surface area contributed by atoms with Crippen LogP contribution in [0.15, 0.2) is 16.2 Å². The quantitative estimate of drug-likeness (QED) is 0.864. The van der Waals surface area contributed by atoms with E-state index in [2.05, 4.69) is 9.97 Å². The van der Waals surface area contributed by atoms with E-state index in [1.165, 1.54) is 16.2 Å². The maximum absolute atomic E-state index is 12.1. The number of carbonyl (C=O) groups excluding carboxylic acids is 1. The van der Waals surface area contributed by atoms with Gasteiger partial charge in [-0.2, -0.15) is 0 Å². The molecule has 0 aromatic carbocycles. The Morgan fingerprint density at radius 2 is 2.29 bits per heavy atom. The van der Waals surface area contributed by atoms with Crippen LogP contribution in [0.5, 0.6) is 0 Å². The fourth-order valence-corrected chi connectivity index (χ4v) is 3.05. The standard InChI is InChI=1S/C13H13N3O4S/c1-16(12(18)6-4-7(6)13(19)20)5-9-14-8-2-3-21-10(8)11(17)15-9/h2-3,6-7H,4-5H2,1H3,(H,19,20)(H,14,15,17). The molecule has 2 unspecified atom stereocenters. The van der Waals surface area contributed by atoms with E-state index in [-0.39, 0.29) is 18.0 Å². The van der Waals surface area contributed by atoms with Gasteiger partial charge in [0.15, 0.2) is 0 Å². The van der Waals surface area contributed by atoms with Crippen molar-refractivity contribution in [2.75, 3.05) is 7.05 Å². The van der Waals surface area contributed by atoms with E-state index in [0.717, 1.165) is 0 Å². The molecular weight excluding hydrogens is 294 g/mol. The molecule has 2 aromatic rings. The summed E-state index contributed by atoms with van der Waals surface area (Å²) in [6.45, 7) is 0.155. The minimum absolute atomic E-state index is 0.155. The first kappa shape index (κ1) is 13.7. The molecule has 0 radical (unpaired) electrons. The maximum atomic E-state index is 12.1. The van der Waals surface area contributed by atoms with Gasteiger partial charge in [-0.05, 0) is 17.9 Å². The summed E-state index contributed by atoms with van der Waals surface area (Å²) in [4.78, 5) is 43.0. The second kappa shape index (κ2) is 4.96. The molecule has 1 aliphatic rings. The fraction of sp³-hybridized carbons (Fsp3) is 0.385. The van der Waals surface area contributed by atoms with Crippen LogP contribution < -0.4 is 5.56 Å². The van der Waals surface area contributed by atoms with Crippen LogP contribution in [0.25, 0.3) is 10.2 Å². The number of nitrogens with one attached hydrogen (secondary N) is 1. The number of carbonyl (C=O) groups is 2. The molecule has 2 aromatic heterocycles. The lowest BCUT2D eigenvalue weighted by Crippen LogP contribution is -2.30. The van der Waals surface area contributed by atoms with E-state index in [9.17, 15) is 14.4 Å². The highest BCUT2D eigenvalue weighted by Gasteiger charge is 2.49. The number of rotatable bonds is 4. The molecule has 2 N–H and O–H groups in total. The molecule has 8 heteroatoms. The van der Waals surface area contributed by atoms with Crippen molar-refractivity contribution in [3.63, 3.8) is 0 Å². The van der Waals surface area contributed by atoms with Crippen LogP contribution in [0.4, 0.5) is 0 Å². The van der Waals surface area contributed by atoms with Crippen LogP contribution in [-0.4, -0.2) is 38.9 Å². The van der Waals surface area contributed by atoms with Crippen molar-refractivity contribution in [2.45, 2.75) is 13.0 Å². The number of hydrogen-bond donors (Lipinski definition) is 2. The van der Waals surface area contributed by atoms with Gasteiger partial charge in [0.2, 0.25) is 5.91 Å². The second-order valence-electron chi connectivity index (χ2n) is 5.13. The Balaban J connectivity index is 1.74. The maximum Gasteiger partial charge on any atom is 0.307 e. The van der Waals surface area contributed by atoms with Crippen LogP contribution in [0.2, 0.25) is 0 Å². The zero-order valence-corrected chi connectivity index (χ0v) is 12.0. The molecular formula is C13H13N3O4S. The smallest absolute Gasteiger partial charge is 0.307 e. The molecule has 0 bridgehead atoms. The largest absolute Gasteiger partial charge is 0.481 e. The molecule has 0 spiro atoms. The van der Waals surface area contributed by atoms with Crippen molar-refractivity contribution in [3.05, 3.63) is 27.6 Å². The summed E-state index contributed by atoms with van der Waals surface area (Å²) in [6.07, 6.45) is 0.381. The number of amides is 1. The number of H-pyrrole nitrogens is 1. The highest BCUT2D eigenvalue weighted by Crippen LogP contribution is 2.40. The summed E-state index contributed by atoms with van der Waals surface area (Å²) in [7, 11) is 1.58. The molecule has 1 fully saturated rings. The minimum Gasteiger partial charge on any atom is -0.481 e. The number of carboxylic acid groups (broad SMARTS) is 1. The van der Waals surface area contributed by atoms with Crippen molar-refractivity contribution in [3.8, 4) is 0 Å². The zero-order valence-electron chi connectivity index (χ0n) is 11.2. The summed E-state index contributed by atoms with van der Waals surface area (Å²) in [5, 5.41) is 10.6. The average Bonchev–Trinajstić information content (AvgIpc) is 3.09. The highest BCUT2D eigenvalue weighted by atomic mass is 32.1. The minimum atomic E-state index is -0.937. The Bertz CT molecular complexity index is 781. The van der Waals surface area contributed by atoms with Gasteiger partial charge in [0.1, 0.15) is 10.5 Å². The second-order valence-corrected chi connectivity index (χ2v) is 6.04. The predicted molar refractivity (Wildman–Crippen MR) is 75.9 cm³/mol. The number of thiophene rings is 1. The van der Waals surface area contributed by atoms with Gasteiger partial charge in [-0.1, -0.05) is 0 Å². The number of nitrogens with zero attached hydrogens (tertiary/aromatic N) is 2. The number of aliphatic carboxylic acids is 1. The SMILES string of the molecule is CN(Cc1nc2ccsc2c(=O)[nH]1)C(=O)C1CC1C(=O)O. The molecule has 110 valence electrons. The number of hydrogen-bond acceptors (Lipinski definition) is 5. The first-order chi connectivity index (χ1) is 9.97. The average molecular weight is 307 g/mol. The Kier molecular flexibility index (Phi) is 3.25. The van der Waals surface area contributed by atoms with Gasteiger partial charge in [-0.25, -0.2) is 4.98 Å². The van der Waals surface area contributed by atoms with E-state index < -0.39 is 17.8 Å². The number of aromatic amines is 1. The van der Waals surface area contributed by atoms with Crippen molar-refractivity contribution >= 4 is 33.4 Å². The Morgan fingerprint density at radius 1 is 1.52 bits per heavy atom. The highest BCUT2D eigenvalue weighted by molar-refractivity contribution is 7.17. The normalized spacial score (nSPS) is 20.4. The monoisotopic (exact) mass is 307 g/mol. The molecule has 7 nitrogen and oxygen atoms in total. The van der Waals surface area contributed by atoms with Crippen LogP contribution >= 0.6 is 11.3 Å². The molecule has 0 saturated heterocycles. The predicted octanol–water partition coefficient (Wildman–Crippen LogP) is 0.664. The fourth-order valence-electron chi connectivity index (χ4n) is 2.32. The van der Waals surface area contributed by atoms with E-state index in [1.807, 2.05) is 0 Å². The third-order valence-corrected chi connectivity index (χ3v) is 4.45. The third-order valence-electron chi connectivity index (χ3n) is 3.55. The molecule has 1 saturated carbocycles. The summed E-state index contributed by atoms with van der Waals surface area (Å²) in [6, 6.07) is 1.75. The Labute approximate surface area is 123 Å². The first-order valence-corrected chi connectivity index (χ1v) is 7.29. The number of aromatic nitrogens is 2. The van der Waals surface area contributed by atoms with Crippen LogP contribution in [-0.2, 0) is 16.1 Å². The lowest BCUT2D eigenvalue weighted by molar-refractivity contribution is -0.141. The molecule has 2 atom stereocenters. The van der Waals surface area contributed by atoms with E-state index in [1.54, 1.807) is 18.5 Å². The number of carboxylic acids is 1. The number of fused-ring (bicyclic) bond motifs is 1. The summed E-state index contributed by atoms with van der Waals surface area (Å²) in [5.74, 6) is -1.80. The van der Waals surface area contributed by atoms with Crippen LogP contribution in [0, 0.1) is 11.8 Å². The van der Waals surface area contributed by atoms with Crippen molar-refractivity contribution in [1.29, 1.82) is 0 Å². The Morgan fingerprint density at radius 3 is 2.95 bits per heavy atom. The molecule has 1 amide bonds. The molecule has 1 aliphatic carbocycles. The third kappa shape index (κ3) is 2.54. The molecule has 2 heterocycles. The first-order valence-electron chi connectivity index (χ1n) is 6.41. The zero-order chi connectivity index (χ0) is 15.1. The van der Waals surface area contributed by atoms with Gasteiger partial charge in [0, 0.05) is 7.05 Å². The lowest BCUT2D eigenvalue weighted by atomic mass is 10.3. The van der Waals surface area contributed by atoms with Crippen LogP contribution in [0.1, 0.15) is 12.2 Å².